The summed E-state index contributed by atoms with van der Waals surface area (Å²) in [6.07, 6.45) is 6.69. The zero-order valence-electron chi connectivity index (χ0n) is 15.8. The Kier molecular flexibility index (Phi) is 5.78. The molecule has 3 nitrogen and oxygen atoms in total. The van der Waals surface area contributed by atoms with Crippen LogP contribution in [0.4, 0.5) is 0 Å². The van der Waals surface area contributed by atoms with E-state index in [0.717, 1.165) is 37.7 Å². The van der Waals surface area contributed by atoms with Crippen LogP contribution in [0.15, 0.2) is 36.9 Å². The quantitative estimate of drug-likeness (QED) is 0.670. The van der Waals surface area contributed by atoms with Gasteiger partial charge < -0.3 is 10.0 Å². The van der Waals surface area contributed by atoms with Crippen molar-refractivity contribution in [3.05, 3.63) is 47.5 Å². The van der Waals surface area contributed by atoms with E-state index >= 15 is 0 Å². The molecule has 1 saturated carbocycles. The number of aliphatic hydroxyl groups is 1. The number of hydrogen-bond donors (Lipinski definition) is 1. The zero-order chi connectivity index (χ0) is 18.9. The average Bonchev–Trinajstić information content (AvgIpc) is 3.46. The number of piperidine rings is 1. The van der Waals surface area contributed by atoms with E-state index < -0.39 is 11.5 Å². The summed E-state index contributed by atoms with van der Waals surface area (Å²) in [7, 11) is 0. The van der Waals surface area contributed by atoms with Gasteiger partial charge in [-0.05, 0) is 62.1 Å². The summed E-state index contributed by atoms with van der Waals surface area (Å²) in [4.78, 5) is 15.6. The first-order chi connectivity index (χ1) is 12.4. The molecular formula is C22H30ClNO2. The smallest absolute Gasteiger partial charge is 0.229 e. The summed E-state index contributed by atoms with van der Waals surface area (Å²) >= 11 is 6.06. The minimum atomic E-state index is -0.440. The van der Waals surface area contributed by atoms with E-state index in [0.29, 0.717) is 17.4 Å². The molecule has 1 heterocycles. The van der Waals surface area contributed by atoms with Crippen LogP contribution in [0, 0.1) is 11.3 Å². The van der Waals surface area contributed by atoms with Gasteiger partial charge in [0.05, 0.1) is 23.6 Å². The van der Waals surface area contributed by atoms with E-state index in [-0.39, 0.29) is 18.0 Å². The van der Waals surface area contributed by atoms with Gasteiger partial charge in [0.2, 0.25) is 5.91 Å². The molecule has 1 amide bonds. The molecule has 0 aromatic heterocycles. The van der Waals surface area contributed by atoms with Gasteiger partial charge in [0, 0.05) is 5.02 Å². The molecule has 2 fully saturated rings. The van der Waals surface area contributed by atoms with Crippen LogP contribution in [0.5, 0.6) is 0 Å². The number of carbonyl (C=O) groups is 1. The third-order valence-electron chi connectivity index (χ3n) is 6.18. The van der Waals surface area contributed by atoms with Gasteiger partial charge in [-0.25, -0.2) is 0 Å². The molecule has 1 aromatic rings. The Morgan fingerprint density at radius 1 is 1.35 bits per heavy atom. The SMILES string of the molecule is C=CC[C@@]1(C)CCC(c2ccc(Cl)cc2)N(C(CC)C(O)C2CC2)C1=O. The summed E-state index contributed by atoms with van der Waals surface area (Å²) in [5.41, 5.74) is 0.673. The van der Waals surface area contributed by atoms with E-state index in [2.05, 4.69) is 13.5 Å². The Morgan fingerprint density at radius 3 is 2.54 bits per heavy atom. The molecule has 1 aromatic carbocycles. The number of nitrogens with zero attached hydrogens (tertiary/aromatic N) is 1. The molecule has 1 aliphatic heterocycles. The second-order valence-electron chi connectivity index (χ2n) is 8.18. The van der Waals surface area contributed by atoms with Crippen molar-refractivity contribution in [1.82, 2.24) is 4.90 Å². The van der Waals surface area contributed by atoms with Crippen molar-refractivity contribution in [2.45, 2.75) is 70.6 Å². The Bertz CT molecular complexity index is 655. The van der Waals surface area contributed by atoms with Crippen LogP contribution in [-0.4, -0.2) is 28.1 Å². The van der Waals surface area contributed by atoms with E-state index in [9.17, 15) is 9.90 Å². The maximum Gasteiger partial charge on any atom is 0.229 e. The summed E-state index contributed by atoms with van der Waals surface area (Å²) in [5, 5.41) is 11.6. The maximum absolute atomic E-state index is 13.6. The molecule has 0 bridgehead atoms. The van der Waals surface area contributed by atoms with Gasteiger partial charge in [0.15, 0.2) is 0 Å². The lowest BCUT2D eigenvalue weighted by Crippen LogP contribution is -2.56. The molecule has 4 heteroatoms. The first-order valence-corrected chi connectivity index (χ1v) is 10.2. The number of carbonyl (C=O) groups excluding carboxylic acids is 1. The van der Waals surface area contributed by atoms with E-state index in [1.54, 1.807) is 0 Å². The summed E-state index contributed by atoms with van der Waals surface area (Å²) in [5.74, 6) is 0.487. The highest BCUT2D eigenvalue weighted by Gasteiger charge is 2.49. The fourth-order valence-electron chi connectivity index (χ4n) is 4.41. The van der Waals surface area contributed by atoms with Gasteiger partial charge in [-0.15, -0.1) is 6.58 Å². The van der Waals surface area contributed by atoms with Crippen LogP contribution in [0.3, 0.4) is 0 Å². The first-order valence-electron chi connectivity index (χ1n) is 9.78. The molecule has 3 unspecified atom stereocenters. The number of amides is 1. The Hall–Kier alpha value is -1.32. The minimum absolute atomic E-state index is 0.00370. The fraction of sp³-hybridized carbons (Fsp3) is 0.591. The summed E-state index contributed by atoms with van der Waals surface area (Å²) in [6, 6.07) is 7.65. The van der Waals surface area contributed by atoms with E-state index in [1.807, 2.05) is 42.2 Å². The number of halogens is 1. The average molecular weight is 376 g/mol. The second kappa shape index (κ2) is 7.74. The van der Waals surface area contributed by atoms with Crippen molar-refractivity contribution < 1.29 is 9.90 Å². The lowest BCUT2D eigenvalue weighted by atomic mass is 9.74. The molecule has 142 valence electrons. The predicted molar refractivity (Wildman–Crippen MR) is 106 cm³/mol. The molecule has 1 N–H and O–H groups in total. The van der Waals surface area contributed by atoms with Crippen molar-refractivity contribution >= 4 is 17.5 Å². The van der Waals surface area contributed by atoms with Gasteiger partial charge in [-0.3, -0.25) is 4.79 Å². The van der Waals surface area contributed by atoms with Crippen molar-refractivity contribution in [2.24, 2.45) is 11.3 Å². The van der Waals surface area contributed by atoms with Crippen LogP contribution in [0.2, 0.25) is 5.02 Å². The highest BCUT2D eigenvalue weighted by molar-refractivity contribution is 6.30. The van der Waals surface area contributed by atoms with Crippen molar-refractivity contribution in [3.63, 3.8) is 0 Å². The summed E-state index contributed by atoms with van der Waals surface area (Å²) < 4.78 is 0. The van der Waals surface area contributed by atoms with Crippen molar-refractivity contribution in [2.75, 3.05) is 0 Å². The fourth-order valence-corrected chi connectivity index (χ4v) is 4.54. The molecule has 0 radical (unpaired) electrons. The number of benzene rings is 1. The van der Waals surface area contributed by atoms with Crippen LogP contribution in [0.25, 0.3) is 0 Å². The number of allylic oxidation sites excluding steroid dienone is 1. The third-order valence-corrected chi connectivity index (χ3v) is 6.43. The van der Waals surface area contributed by atoms with Crippen molar-refractivity contribution in [1.29, 1.82) is 0 Å². The Labute approximate surface area is 162 Å². The van der Waals surface area contributed by atoms with E-state index in [4.69, 9.17) is 11.6 Å². The molecule has 4 atom stereocenters. The highest BCUT2D eigenvalue weighted by atomic mass is 35.5. The number of likely N-dealkylation sites (tertiary alicyclic amines) is 1. The van der Waals surface area contributed by atoms with Crippen LogP contribution < -0.4 is 0 Å². The molecule has 2 aliphatic rings. The van der Waals surface area contributed by atoms with Gasteiger partial charge in [0.25, 0.3) is 0 Å². The highest BCUT2D eigenvalue weighted by Crippen LogP contribution is 2.46. The zero-order valence-corrected chi connectivity index (χ0v) is 16.6. The number of rotatable bonds is 7. The normalized spacial score (nSPS) is 28.7. The molecule has 1 saturated heterocycles. The monoisotopic (exact) mass is 375 g/mol. The topological polar surface area (TPSA) is 40.5 Å². The van der Waals surface area contributed by atoms with Crippen molar-refractivity contribution in [3.8, 4) is 0 Å². The second-order valence-corrected chi connectivity index (χ2v) is 8.61. The lowest BCUT2D eigenvalue weighted by molar-refractivity contribution is -0.157. The predicted octanol–water partition coefficient (Wildman–Crippen LogP) is 5.14. The largest absolute Gasteiger partial charge is 0.391 e. The first kappa shape index (κ1) is 19.4. The van der Waals surface area contributed by atoms with E-state index in [1.165, 1.54) is 0 Å². The lowest BCUT2D eigenvalue weighted by Gasteiger charge is -2.49. The molecule has 0 spiro atoms. The molecular weight excluding hydrogens is 346 g/mol. The third kappa shape index (κ3) is 3.70. The molecule has 26 heavy (non-hydrogen) atoms. The van der Waals surface area contributed by atoms with Gasteiger partial charge in [-0.2, -0.15) is 0 Å². The Balaban J connectivity index is 1.97. The number of hydrogen-bond acceptors (Lipinski definition) is 2. The molecule has 3 rings (SSSR count). The van der Waals surface area contributed by atoms with Crippen LogP contribution in [-0.2, 0) is 4.79 Å². The van der Waals surface area contributed by atoms with Gasteiger partial charge >= 0.3 is 0 Å². The standard InChI is InChI=1S/C22H30ClNO2/c1-4-13-22(3)14-12-19(15-8-10-17(23)11-9-15)24(21(22)26)18(5-2)20(25)16-6-7-16/h4,8-11,16,18-20,25H,1,5-7,12-14H2,2-3H3/t18?,19?,20?,22-/m0/s1. The Morgan fingerprint density at radius 2 is 2.00 bits per heavy atom. The number of aliphatic hydroxyl groups excluding tert-OH is 1. The van der Waals surface area contributed by atoms with Crippen LogP contribution in [0.1, 0.15) is 64.0 Å². The molecule has 1 aliphatic carbocycles. The van der Waals surface area contributed by atoms with Gasteiger partial charge in [0.1, 0.15) is 0 Å². The maximum atomic E-state index is 13.6. The van der Waals surface area contributed by atoms with Gasteiger partial charge in [-0.1, -0.05) is 43.7 Å². The van der Waals surface area contributed by atoms with Crippen LogP contribution >= 0.6 is 11.6 Å². The minimum Gasteiger partial charge on any atom is -0.391 e. The summed E-state index contributed by atoms with van der Waals surface area (Å²) in [6.45, 7) is 7.96.